The van der Waals surface area contributed by atoms with Crippen molar-refractivity contribution in [2.24, 2.45) is 0 Å². The van der Waals surface area contributed by atoms with E-state index in [9.17, 15) is 30.1 Å². The second-order valence-corrected chi connectivity index (χ2v) is 5.01. The molecular formula is C17H18N2O9. The number of aromatic hydroxyl groups is 2. The van der Waals surface area contributed by atoms with Crippen LogP contribution in [0.1, 0.15) is 24.2 Å². The number of carbonyl (C=O) groups is 1. The molecule has 0 aliphatic heterocycles. The lowest BCUT2D eigenvalue weighted by molar-refractivity contribution is -0.386. The lowest BCUT2D eigenvalue weighted by Crippen LogP contribution is -2.00. The number of nitro groups is 2. The number of hydrogen-bond acceptors (Lipinski definition) is 9. The van der Waals surface area contributed by atoms with Crippen LogP contribution in [0.4, 0.5) is 11.4 Å². The highest BCUT2D eigenvalue weighted by molar-refractivity contribution is 5.77. The Morgan fingerprint density at radius 1 is 0.964 bits per heavy atom. The van der Waals surface area contributed by atoms with Crippen molar-refractivity contribution in [3.63, 3.8) is 0 Å². The summed E-state index contributed by atoms with van der Waals surface area (Å²) in [6.07, 6.45) is 0.479. The summed E-state index contributed by atoms with van der Waals surface area (Å²) in [4.78, 5) is 29.6. The van der Waals surface area contributed by atoms with Gasteiger partial charge in [-0.3, -0.25) is 25.0 Å². The molecule has 150 valence electrons. The Labute approximate surface area is 159 Å². The second-order valence-electron chi connectivity index (χ2n) is 5.01. The van der Waals surface area contributed by atoms with Crippen LogP contribution in [-0.4, -0.2) is 39.6 Å². The number of nitro benzene ring substituents is 2. The van der Waals surface area contributed by atoms with Gasteiger partial charge in [0, 0.05) is 17.7 Å². The van der Waals surface area contributed by atoms with Gasteiger partial charge in [-0.15, -0.1) is 0 Å². The molecular weight excluding hydrogens is 376 g/mol. The van der Waals surface area contributed by atoms with Gasteiger partial charge in [0.05, 0.1) is 23.1 Å². The molecule has 0 saturated heterocycles. The normalized spacial score (nSPS) is 9.64. The van der Waals surface area contributed by atoms with Crippen molar-refractivity contribution in [2.75, 3.05) is 13.2 Å². The van der Waals surface area contributed by atoms with Crippen molar-refractivity contribution in [3.8, 4) is 23.0 Å². The van der Waals surface area contributed by atoms with Gasteiger partial charge in [-0.2, -0.15) is 0 Å². The molecule has 0 aliphatic carbocycles. The maximum atomic E-state index is 10.6. The first-order valence-electron chi connectivity index (χ1n) is 7.95. The molecule has 0 spiro atoms. The highest BCUT2D eigenvalue weighted by Gasteiger charge is 2.22. The van der Waals surface area contributed by atoms with Crippen LogP contribution < -0.4 is 9.47 Å². The predicted molar refractivity (Wildman–Crippen MR) is 97.2 cm³/mol. The van der Waals surface area contributed by atoms with E-state index in [0.717, 1.165) is 12.1 Å². The predicted octanol–water partition coefficient (Wildman–Crippen LogP) is 3.21. The standard InChI is InChI=1S/C10H13NO5.C7H5NO4/c1-3-15-8-6-5-7(11(13)14)9(12)10(8)16-4-2;9-4-5-1-2-7(10)6(3-5)8(11)12/h5-6,12H,3-4H2,1-2H3;1-4,10H. The van der Waals surface area contributed by atoms with E-state index < -0.39 is 32.7 Å². The molecule has 0 atom stereocenters. The van der Waals surface area contributed by atoms with E-state index in [1.165, 1.54) is 18.2 Å². The van der Waals surface area contributed by atoms with E-state index >= 15 is 0 Å². The molecule has 0 saturated carbocycles. The van der Waals surface area contributed by atoms with Crippen LogP contribution in [0.3, 0.4) is 0 Å². The smallest absolute Gasteiger partial charge is 0.314 e. The number of nitrogens with zero attached hydrogens (tertiary/aromatic N) is 2. The number of benzene rings is 2. The van der Waals surface area contributed by atoms with Crippen LogP contribution in [0.25, 0.3) is 0 Å². The lowest BCUT2D eigenvalue weighted by atomic mass is 10.2. The number of rotatable bonds is 7. The number of phenols is 2. The van der Waals surface area contributed by atoms with Crippen molar-refractivity contribution in [1.82, 2.24) is 0 Å². The minimum absolute atomic E-state index is 0.0125. The molecule has 2 N–H and O–H groups in total. The number of phenolic OH excluding ortho intramolecular Hbond substituents is 2. The first-order chi connectivity index (χ1) is 13.3. The number of aldehydes is 1. The zero-order chi connectivity index (χ0) is 21.3. The number of ether oxygens (including phenoxy) is 2. The third-order valence-corrected chi connectivity index (χ3v) is 3.19. The van der Waals surface area contributed by atoms with E-state index in [-0.39, 0.29) is 17.9 Å². The lowest BCUT2D eigenvalue weighted by Gasteiger charge is -2.11. The van der Waals surface area contributed by atoms with Crippen LogP contribution in [-0.2, 0) is 0 Å². The highest BCUT2D eigenvalue weighted by atomic mass is 16.6. The summed E-state index contributed by atoms with van der Waals surface area (Å²) < 4.78 is 10.3. The zero-order valence-corrected chi connectivity index (χ0v) is 15.0. The van der Waals surface area contributed by atoms with Crippen molar-refractivity contribution < 1.29 is 34.3 Å². The molecule has 0 bridgehead atoms. The molecule has 0 fully saturated rings. The first kappa shape index (κ1) is 22.2. The fraction of sp³-hybridized carbons (Fsp3) is 0.235. The Bertz CT molecular complexity index is 868. The largest absolute Gasteiger partial charge is 0.502 e. The summed E-state index contributed by atoms with van der Waals surface area (Å²) in [6, 6.07) is 6.02. The van der Waals surface area contributed by atoms with Gasteiger partial charge in [-0.05, 0) is 32.0 Å². The third-order valence-electron chi connectivity index (χ3n) is 3.19. The van der Waals surface area contributed by atoms with Gasteiger partial charge in [-0.25, -0.2) is 0 Å². The molecule has 0 aromatic heterocycles. The average molecular weight is 394 g/mol. The molecule has 0 amide bonds. The maximum absolute atomic E-state index is 10.6. The van der Waals surface area contributed by atoms with Gasteiger partial charge < -0.3 is 19.7 Å². The molecule has 2 aromatic carbocycles. The third kappa shape index (κ3) is 5.56. The molecule has 28 heavy (non-hydrogen) atoms. The monoisotopic (exact) mass is 394 g/mol. The van der Waals surface area contributed by atoms with Crippen LogP contribution >= 0.6 is 0 Å². The Hall–Kier alpha value is -3.89. The molecule has 0 radical (unpaired) electrons. The summed E-state index contributed by atoms with van der Waals surface area (Å²) >= 11 is 0. The quantitative estimate of drug-likeness (QED) is 0.408. The van der Waals surface area contributed by atoms with E-state index in [1.807, 2.05) is 0 Å². The molecule has 11 heteroatoms. The number of carbonyl (C=O) groups excluding carboxylic acids is 1. The minimum Gasteiger partial charge on any atom is -0.502 e. The Morgan fingerprint density at radius 3 is 2.07 bits per heavy atom. The van der Waals surface area contributed by atoms with E-state index in [2.05, 4.69) is 0 Å². The molecule has 11 nitrogen and oxygen atoms in total. The Morgan fingerprint density at radius 2 is 1.57 bits per heavy atom. The van der Waals surface area contributed by atoms with Gasteiger partial charge >= 0.3 is 11.4 Å². The first-order valence-corrected chi connectivity index (χ1v) is 7.95. The second kappa shape index (κ2) is 10.3. The van der Waals surface area contributed by atoms with Gasteiger partial charge in [0.2, 0.25) is 11.5 Å². The summed E-state index contributed by atoms with van der Waals surface area (Å²) in [5.74, 6) is -0.630. The van der Waals surface area contributed by atoms with Gasteiger partial charge in [-0.1, -0.05) is 0 Å². The van der Waals surface area contributed by atoms with Crippen molar-refractivity contribution in [1.29, 1.82) is 0 Å². The molecule has 2 aromatic rings. The van der Waals surface area contributed by atoms with Crippen molar-refractivity contribution >= 4 is 17.7 Å². The molecule has 0 aliphatic rings. The summed E-state index contributed by atoms with van der Waals surface area (Å²) in [6.45, 7) is 4.16. The van der Waals surface area contributed by atoms with Crippen LogP contribution in [0.5, 0.6) is 23.0 Å². The van der Waals surface area contributed by atoms with Gasteiger partial charge in [0.1, 0.15) is 6.29 Å². The topological polar surface area (TPSA) is 162 Å². The molecule has 0 unspecified atom stereocenters. The van der Waals surface area contributed by atoms with Gasteiger partial charge in [0.15, 0.2) is 11.5 Å². The van der Waals surface area contributed by atoms with E-state index in [0.29, 0.717) is 18.6 Å². The SMILES string of the molecule is CCOc1ccc([N+](=O)[O-])c(O)c1OCC.O=Cc1ccc(O)c([N+](=O)[O-])c1. The fourth-order valence-corrected chi connectivity index (χ4v) is 2.00. The minimum atomic E-state index is -0.748. The molecule has 2 rings (SSSR count). The maximum Gasteiger partial charge on any atom is 0.314 e. The van der Waals surface area contributed by atoms with Crippen molar-refractivity contribution in [2.45, 2.75) is 13.8 Å². The van der Waals surface area contributed by atoms with Crippen molar-refractivity contribution in [3.05, 3.63) is 56.1 Å². The van der Waals surface area contributed by atoms with E-state index in [4.69, 9.17) is 14.6 Å². The molecule has 0 heterocycles. The van der Waals surface area contributed by atoms with Crippen LogP contribution in [0.15, 0.2) is 30.3 Å². The van der Waals surface area contributed by atoms with Crippen LogP contribution in [0, 0.1) is 20.2 Å². The average Bonchev–Trinajstić information content (AvgIpc) is 2.65. The Balaban J connectivity index is 0.000000292. The Kier molecular flexibility index (Phi) is 8.15. The summed E-state index contributed by atoms with van der Waals surface area (Å²) in [5.41, 5.74) is -0.689. The zero-order valence-electron chi connectivity index (χ0n) is 15.0. The van der Waals surface area contributed by atoms with E-state index in [1.54, 1.807) is 13.8 Å². The fourth-order valence-electron chi connectivity index (χ4n) is 2.00. The number of hydrogen-bond donors (Lipinski definition) is 2. The highest BCUT2D eigenvalue weighted by Crippen LogP contribution is 2.43. The summed E-state index contributed by atoms with van der Waals surface area (Å²) in [7, 11) is 0. The summed E-state index contributed by atoms with van der Waals surface area (Å²) in [5, 5.41) is 39.4. The van der Waals surface area contributed by atoms with Crippen LogP contribution in [0.2, 0.25) is 0 Å². The van der Waals surface area contributed by atoms with Gasteiger partial charge in [0.25, 0.3) is 0 Å².